The highest BCUT2D eigenvalue weighted by atomic mass is 15.1. The average molecular weight is 301 g/mol. The van der Waals surface area contributed by atoms with E-state index in [9.17, 15) is 0 Å². The number of hydrogen-bond donors (Lipinski definition) is 0. The topological polar surface area (TPSA) is 38.9 Å². The van der Waals surface area contributed by atoms with Gasteiger partial charge in [0, 0.05) is 38.4 Å². The Bertz CT molecular complexity index is 563. The molecule has 2 aromatic rings. The van der Waals surface area contributed by atoms with Gasteiger partial charge in [0.05, 0.1) is 0 Å². The van der Waals surface area contributed by atoms with E-state index in [4.69, 9.17) is 0 Å². The summed E-state index contributed by atoms with van der Waals surface area (Å²) >= 11 is 0. The van der Waals surface area contributed by atoms with Gasteiger partial charge >= 0.3 is 0 Å². The van der Waals surface area contributed by atoms with Gasteiger partial charge in [0.25, 0.3) is 0 Å². The Hall–Kier alpha value is -1.62. The van der Waals surface area contributed by atoms with Crippen LogP contribution in [0.4, 0.5) is 0 Å². The lowest BCUT2D eigenvalue weighted by Crippen LogP contribution is -2.25. The number of rotatable bonds is 6. The third-order valence-electron chi connectivity index (χ3n) is 4.56. The first-order valence-electron chi connectivity index (χ1n) is 8.56. The van der Waals surface area contributed by atoms with Crippen molar-refractivity contribution in [3.63, 3.8) is 0 Å². The van der Waals surface area contributed by atoms with Gasteiger partial charge in [0.15, 0.2) is 11.6 Å². The van der Waals surface area contributed by atoms with Crippen LogP contribution in [-0.4, -0.2) is 43.6 Å². The predicted octanol–water partition coefficient (Wildman–Crippen LogP) is 2.94. The van der Waals surface area contributed by atoms with Gasteiger partial charge in [-0.2, -0.15) is 0 Å². The van der Waals surface area contributed by atoms with Crippen LogP contribution in [0.1, 0.15) is 38.5 Å². The monoisotopic (exact) mass is 301 g/mol. The van der Waals surface area contributed by atoms with Crippen molar-refractivity contribution in [1.82, 2.24) is 24.0 Å². The number of likely N-dealkylation sites (tertiary alicyclic amines) is 1. The molecule has 1 aliphatic heterocycles. The number of unbranched alkanes of at least 4 members (excludes halogenated alkanes) is 1. The normalized spacial score (nSPS) is 16.8. The first-order valence-corrected chi connectivity index (χ1v) is 8.56. The number of hydrogen-bond acceptors (Lipinski definition) is 3. The van der Waals surface area contributed by atoms with Crippen LogP contribution in [0, 0.1) is 0 Å². The molecule has 2 aromatic heterocycles. The fraction of sp³-hybridized carbons (Fsp3) is 0.647. The quantitative estimate of drug-likeness (QED) is 0.770. The zero-order valence-corrected chi connectivity index (χ0v) is 13.6. The van der Waals surface area contributed by atoms with Gasteiger partial charge < -0.3 is 14.0 Å². The van der Waals surface area contributed by atoms with Gasteiger partial charge in [-0.05, 0) is 45.3 Å². The summed E-state index contributed by atoms with van der Waals surface area (Å²) in [7, 11) is 2.01. The van der Waals surface area contributed by atoms with Crippen molar-refractivity contribution < 1.29 is 0 Å². The molecule has 3 heterocycles. The smallest absolute Gasteiger partial charge is 0.176 e. The molecule has 0 saturated carbocycles. The van der Waals surface area contributed by atoms with Crippen LogP contribution in [0.25, 0.3) is 11.6 Å². The van der Waals surface area contributed by atoms with Crippen molar-refractivity contribution in [2.75, 3.05) is 19.6 Å². The summed E-state index contributed by atoms with van der Waals surface area (Å²) < 4.78 is 4.25. The van der Waals surface area contributed by atoms with Crippen molar-refractivity contribution in [3.05, 3.63) is 24.8 Å². The van der Waals surface area contributed by atoms with Gasteiger partial charge in [0.1, 0.15) is 0 Å². The fourth-order valence-electron chi connectivity index (χ4n) is 3.25. The van der Waals surface area contributed by atoms with Crippen LogP contribution < -0.4 is 0 Å². The number of aryl methyl sites for hydroxylation is 2. The Labute approximate surface area is 133 Å². The van der Waals surface area contributed by atoms with Crippen molar-refractivity contribution in [1.29, 1.82) is 0 Å². The highest BCUT2D eigenvalue weighted by Crippen LogP contribution is 2.15. The molecule has 0 spiro atoms. The molecule has 5 heteroatoms. The summed E-state index contributed by atoms with van der Waals surface area (Å²) in [4.78, 5) is 11.5. The summed E-state index contributed by atoms with van der Waals surface area (Å²) in [6.07, 6.45) is 15.8. The van der Waals surface area contributed by atoms with E-state index in [1.165, 1.54) is 58.2 Å². The van der Waals surface area contributed by atoms with E-state index in [1.807, 2.05) is 30.2 Å². The minimum atomic E-state index is 0.942. The Kier molecular flexibility index (Phi) is 5.27. The molecule has 0 bridgehead atoms. The third kappa shape index (κ3) is 3.77. The summed E-state index contributed by atoms with van der Waals surface area (Å²) in [5, 5.41) is 0. The second-order valence-electron chi connectivity index (χ2n) is 6.27. The Morgan fingerprint density at radius 1 is 0.864 bits per heavy atom. The Morgan fingerprint density at radius 3 is 2.27 bits per heavy atom. The highest BCUT2D eigenvalue weighted by Gasteiger charge is 2.11. The molecule has 1 fully saturated rings. The van der Waals surface area contributed by atoms with Crippen molar-refractivity contribution in [2.24, 2.45) is 7.05 Å². The maximum Gasteiger partial charge on any atom is 0.176 e. The predicted molar refractivity (Wildman–Crippen MR) is 88.6 cm³/mol. The number of nitrogens with zero attached hydrogens (tertiary/aromatic N) is 5. The SMILES string of the molecule is Cn1ccnc1-c1nccn1CCCCN1CCCCCC1. The summed E-state index contributed by atoms with van der Waals surface area (Å²) in [6, 6.07) is 0. The minimum absolute atomic E-state index is 0.942. The molecule has 0 aliphatic carbocycles. The van der Waals surface area contributed by atoms with Crippen LogP contribution in [0.2, 0.25) is 0 Å². The summed E-state index contributed by atoms with van der Waals surface area (Å²) in [5.74, 6) is 1.92. The van der Waals surface area contributed by atoms with E-state index in [0.29, 0.717) is 0 Å². The first kappa shape index (κ1) is 15.3. The van der Waals surface area contributed by atoms with E-state index in [-0.39, 0.29) is 0 Å². The molecule has 0 radical (unpaired) electrons. The zero-order valence-electron chi connectivity index (χ0n) is 13.6. The molecule has 120 valence electrons. The van der Waals surface area contributed by atoms with Gasteiger partial charge in [0.2, 0.25) is 0 Å². The van der Waals surface area contributed by atoms with Crippen molar-refractivity contribution in [3.8, 4) is 11.6 Å². The van der Waals surface area contributed by atoms with Crippen LogP contribution in [0.3, 0.4) is 0 Å². The molecule has 0 atom stereocenters. The average Bonchev–Trinajstić information content (AvgIpc) is 3.06. The molecule has 1 aliphatic rings. The largest absolute Gasteiger partial charge is 0.331 e. The van der Waals surface area contributed by atoms with Crippen molar-refractivity contribution in [2.45, 2.75) is 45.1 Å². The Balaban J connectivity index is 1.48. The standard InChI is InChI=1S/C17H27N5/c1-20-14-8-18-16(20)17-19-9-15-22(17)13-7-6-12-21-10-4-2-3-5-11-21/h8-9,14-15H,2-7,10-13H2,1H3. The van der Waals surface area contributed by atoms with E-state index in [1.54, 1.807) is 0 Å². The maximum absolute atomic E-state index is 4.47. The van der Waals surface area contributed by atoms with E-state index < -0.39 is 0 Å². The molecule has 0 amide bonds. The summed E-state index contributed by atoms with van der Waals surface area (Å²) in [6.45, 7) is 4.86. The number of aromatic nitrogens is 4. The van der Waals surface area contributed by atoms with Crippen molar-refractivity contribution >= 4 is 0 Å². The second kappa shape index (κ2) is 7.58. The molecule has 0 unspecified atom stereocenters. The molecule has 3 rings (SSSR count). The van der Waals surface area contributed by atoms with Crippen LogP contribution >= 0.6 is 0 Å². The maximum atomic E-state index is 4.47. The van der Waals surface area contributed by atoms with E-state index >= 15 is 0 Å². The lowest BCUT2D eigenvalue weighted by molar-refractivity contribution is 0.277. The second-order valence-corrected chi connectivity index (χ2v) is 6.27. The molecular weight excluding hydrogens is 274 g/mol. The van der Waals surface area contributed by atoms with Gasteiger partial charge in [-0.15, -0.1) is 0 Å². The lowest BCUT2D eigenvalue weighted by Gasteiger charge is -2.19. The fourth-order valence-corrected chi connectivity index (χ4v) is 3.25. The highest BCUT2D eigenvalue weighted by molar-refractivity contribution is 5.44. The number of imidazole rings is 2. The molecule has 0 aromatic carbocycles. The van der Waals surface area contributed by atoms with Crippen LogP contribution in [-0.2, 0) is 13.6 Å². The van der Waals surface area contributed by atoms with Gasteiger partial charge in [-0.1, -0.05) is 12.8 Å². The Morgan fingerprint density at radius 2 is 1.55 bits per heavy atom. The molecule has 1 saturated heterocycles. The lowest BCUT2D eigenvalue weighted by atomic mass is 10.2. The van der Waals surface area contributed by atoms with E-state index in [0.717, 1.165) is 18.2 Å². The van der Waals surface area contributed by atoms with E-state index in [2.05, 4.69) is 25.6 Å². The van der Waals surface area contributed by atoms with Crippen LogP contribution in [0.5, 0.6) is 0 Å². The van der Waals surface area contributed by atoms with Gasteiger partial charge in [-0.3, -0.25) is 0 Å². The van der Waals surface area contributed by atoms with Crippen LogP contribution in [0.15, 0.2) is 24.8 Å². The third-order valence-corrected chi connectivity index (χ3v) is 4.56. The zero-order chi connectivity index (χ0) is 15.2. The van der Waals surface area contributed by atoms with Gasteiger partial charge in [-0.25, -0.2) is 9.97 Å². The molecular formula is C17H27N5. The molecule has 5 nitrogen and oxygen atoms in total. The first-order chi connectivity index (χ1) is 10.8. The molecule has 22 heavy (non-hydrogen) atoms. The summed E-state index contributed by atoms with van der Waals surface area (Å²) in [5.41, 5.74) is 0. The molecule has 0 N–H and O–H groups in total. The minimum Gasteiger partial charge on any atom is -0.331 e.